The van der Waals surface area contributed by atoms with E-state index in [0.29, 0.717) is 16.9 Å². The summed E-state index contributed by atoms with van der Waals surface area (Å²) in [4.78, 5) is 11.0. The normalized spacial score (nSPS) is 12.1. The molecule has 0 saturated heterocycles. The summed E-state index contributed by atoms with van der Waals surface area (Å²) < 4.78 is 10.9. The summed E-state index contributed by atoms with van der Waals surface area (Å²) in [5.74, 6) is -0.0728. The first-order valence-corrected chi connectivity index (χ1v) is 12.3. The van der Waals surface area contributed by atoms with E-state index >= 15 is 0 Å². The minimum absolute atomic E-state index is 0. The molecule has 0 aliphatic carbocycles. The Bertz CT molecular complexity index is 204. The van der Waals surface area contributed by atoms with E-state index in [1.165, 1.54) is 0 Å². The predicted octanol–water partition coefficient (Wildman–Crippen LogP) is 1.25. The fourth-order valence-corrected chi connectivity index (χ4v) is 9.43. The maximum Gasteiger partial charge on any atom is 0.291 e. The van der Waals surface area contributed by atoms with Crippen molar-refractivity contribution in [2.24, 2.45) is 0 Å². The Labute approximate surface area is 108 Å². The van der Waals surface area contributed by atoms with Gasteiger partial charge in [0, 0.05) is 23.2 Å². The van der Waals surface area contributed by atoms with E-state index in [-0.39, 0.29) is 22.7 Å². The summed E-state index contributed by atoms with van der Waals surface area (Å²) in [5, 5.41) is 0. The van der Waals surface area contributed by atoms with Crippen LogP contribution >= 0.6 is 0 Å². The molecule has 0 unspecified atom stereocenters. The van der Waals surface area contributed by atoms with Crippen molar-refractivity contribution < 1.29 is 30.1 Å². The molecule has 0 rings (SSSR count). The second kappa shape index (κ2) is 7.02. The van der Waals surface area contributed by atoms with E-state index in [2.05, 4.69) is 32.7 Å². The van der Waals surface area contributed by atoms with Gasteiger partial charge in [-0.1, -0.05) is 0 Å². The van der Waals surface area contributed by atoms with E-state index in [0.717, 1.165) is 6.04 Å². The molecule has 15 heavy (non-hydrogen) atoms. The molecular weight excluding hydrogens is 287 g/mol. The summed E-state index contributed by atoms with van der Waals surface area (Å²) in [6.45, 7) is 10.9. The molecule has 1 radical (unpaired) electrons. The second-order valence-corrected chi connectivity index (χ2v) is 14.5. The zero-order valence-corrected chi connectivity index (χ0v) is 15.5. The van der Waals surface area contributed by atoms with Gasteiger partial charge in [0.05, 0.1) is 0 Å². The van der Waals surface area contributed by atoms with E-state index in [1.54, 1.807) is 0 Å². The van der Waals surface area contributed by atoms with Gasteiger partial charge in [-0.25, -0.2) is 0 Å². The Morgan fingerprint density at radius 3 is 2.00 bits per heavy atom. The molecule has 0 heterocycles. The van der Waals surface area contributed by atoms with Crippen LogP contribution in [0.3, 0.4) is 0 Å². The Balaban J connectivity index is 0. The van der Waals surface area contributed by atoms with Crippen LogP contribution in [-0.4, -0.2) is 33.1 Å². The molecule has 7 heteroatoms. The van der Waals surface area contributed by atoms with Gasteiger partial charge in [0.1, 0.15) is 0 Å². The van der Waals surface area contributed by atoms with Gasteiger partial charge in [-0.15, -0.1) is 0 Å². The molecule has 0 N–H and O–H groups in total. The second-order valence-electron chi connectivity index (χ2n) is 5.05. The quantitative estimate of drug-likeness (QED) is 0.717. The number of rotatable bonds is 5. The molecule has 0 aromatic carbocycles. The topological polar surface area (TPSA) is 35.5 Å². The van der Waals surface area contributed by atoms with Crippen molar-refractivity contribution in [2.45, 2.75) is 45.2 Å². The maximum atomic E-state index is 11.0. The maximum absolute atomic E-state index is 11.0. The fraction of sp³-hybridized carbons (Fsp3) is 0.875. The first kappa shape index (κ1) is 18.0. The van der Waals surface area contributed by atoms with Gasteiger partial charge < -0.3 is 8.54 Å². The van der Waals surface area contributed by atoms with E-state index in [1.807, 2.05) is 0 Å². The molecule has 93 valence electrons. The van der Waals surface area contributed by atoms with Crippen LogP contribution in [0, 0.1) is 0 Å². The third-order valence-corrected chi connectivity index (χ3v) is 8.31. The third kappa shape index (κ3) is 10.9. The van der Waals surface area contributed by atoms with Crippen LogP contribution in [0.25, 0.3) is 0 Å². The summed E-state index contributed by atoms with van der Waals surface area (Å²) in [6.07, 6.45) is 0.521. The molecule has 0 aromatic rings. The molecule has 0 saturated carbocycles. The van der Waals surface area contributed by atoms with Crippen molar-refractivity contribution in [2.75, 3.05) is 0 Å². The number of carbonyl (C=O) groups excluding carboxylic acids is 1. The largest absolute Gasteiger partial charge is 0.529 e. The van der Waals surface area contributed by atoms with Crippen LogP contribution < -0.4 is 0 Å². The van der Waals surface area contributed by atoms with E-state index < -0.39 is 16.6 Å². The Morgan fingerprint density at radius 1 is 1.20 bits per heavy atom. The van der Waals surface area contributed by atoms with Gasteiger partial charge in [-0.3, -0.25) is 4.79 Å². The SMILES string of the molecule is C[Si](C)(C)O[Si](C)(C)CCC(=O)O[SiH3].[Co]. The molecule has 0 amide bonds. The number of hydrogen-bond acceptors (Lipinski definition) is 3. The van der Waals surface area contributed by atoms with Crippen molar-refractivity contribution in [1.29, 1.82) is 0 Å². The van der Waals surface area contributed by atoms with Crippen LogP contribution in [0.4, 0.5) is 0 Å². The molecule has 3 nitrogen and oxygen atoms in total. The van der Waals surface area contributed by atoms with Crippen LogP contribution in [0.2, 0.25) is 38.8 Å². The smallest absolute Gasteiger partial charge is 0.291 e. The van der Waals surface area contributed by atoms with E-state index in [9.17, 15) is 4.79 Å². The fourth-order valence-electron chi connectivity index (χ4n) is 1.39. The van der Waals surface area contributed by atoms with Crippen LogP contribution in [0.1, 0.15) is 6.42 Å². The monoisotopic (exact) mass is 309 g/mol. The average Bonchev–Trinajstić information content (AvgIpc) is 1.96. The number of hydrogen-bond donors (Lipinski definition) is 0. The standard InChI is InChI=1S/C8H22O3Si3.Co/c1-13(2,3)11-14(4,5)7-6-8(9)10-12;/h6-7H2,1-5,12H3;. The first-order valence-electron chi connectivity index (χ1n) is 4.93. The van der Waals surface area contributed by atoms with Gasteiger partial charge >= 0.3 is 0 Å². The summed E-state index contributed by atoms with van der Waals surface area (Å²) in [7, 11) is -2.60. The van der Waals surface area contributed by atoms with Crippen molar-refractivity contribution in [1.82, 2.24) is 0 Å². The molecule has 0 aliphatic rings. The zero-order valence-electron chi connectivity index (χ0n) is 10.5. The van der Waals surface area contributed by atoms with Gasteiger partial charge in [-0.2, -0.15) is 0 Å². The van der Waals surface area contributed by atoms with Gasteiger partial charge in [0.25, 0.3) is 5.97 Å². The molecule has 0 aromatic heterocycles. The Morgan fingerprint density at radius 2 is 1.67 bits per heavy atom. The van der Waals surface area contributed by atoms with Crippen LogP contribution in [-0.2, 0) is 30.1 Å². The van der Waals surface area contributed by atoms with Crippen LogP contribution in [0.15, 0.2) is 0 Å². The molecule has 0 atom stereocenters. The molecule has 0 fully saturated rings. The van der Waals surface area contributed by atoms with Crippen molar-refractivity contribution in [3.8, 4) is 0 Å². The first-order chi connectivity index (χ1) is 6.16. The van der Waals surface area contributed by atoms with Gasteiger partial charge in [-0.05, 0) is 38.8 Å². The predicted molar refractivity (Wildman–Crippen MR) is 67.4 cm³/mol. The minimum Gasteiger partial charge on any atom is -0.529 e. The summed E-state index contributed by atoms with van der Waals surface area (Å²) in [5.41, 5.74) is 0. The minimum atomic E-state index is -1.64. The molecule has 0 bridgehead atoms. The Hall–Kier alpha value is 0.587. The zero-order chi connectivity index (χ0) is 11.4. The number of carbonyl (C=O) groups is 1. The molecule has 0 spiro atoms. The van der Waals surface area contributed by atoms with Crippen molar-refractivity contribution in [3.05, 3.63) is 0 Å². The third-order valence-electron chi connectivity index (χ3n) is 1.74. The van der Waals surface area contributed by atoms with Crippen molar-refractivity contribution in [3.63, 3.8) is 0 Å². The summed E-state index contributed by atoms with van der Waals surface area (Å²) in [6, 6.07) is 0.873. The Kier molecular flexibility index (Phi) is 8.41. The van der Waals surface area contributed by atoms with E-state index in [4.69, 9.17) is 8.54 Å². The summed E-state index contributed by atoms with van der Waals surface area (Å²) >= 11 is 0. The van der Waals surface area contributed by atoms with Gasteiger partial charge in [0.2, 0.25) is 10.5 Å². The van der Waals surface area contributed by atoms with Crippen molar-refractivity contribution >= 4 is 33.1 Å². The van der Waals surface area contributed by atoms with Crippen LogP contribution in [0.5, 0.6) is 0 Å². The molecule has 0 aliphatic heterocycles. The average molecular weight is 309 g/mol. The molecular formula is C8H22CoO3Si3. The van der Waals surface area contributed by atoms with Gasteiger partial charge in [0.15, 0.2) is 16.6 Å².